The van der Waals surface area contributed by atoms with Gasteiger partial charge in [-0.25, -0.2) is 9.59 Å². The average Bonchev–Trinajstić information content (AvgIpc) is 2.62. The second-order valence-electron chi connectivity index (χ2n) is 5.78. The number of carbonyl (C=O) groups excluding carboxylic acids is 2. The van der Waals surface area contributed by atoms with Gasteiger partial charge in [0, 0.05) is 11.8 Å². The first-order chi connectivity index (χ1) is 13.3. The zero-order valence-corrected chi connectivity index (χ0v) is 16.2. The minimum absolute atomic E-state index is 0.00301. The highest BCUT2D eigenvalue weighted by Gasteiger charge is 2.34. The lowest BCUT2D eigenvalue weighted by molar-refractivity contribution is -0.386. The monoisotopic (exact) mass is 393 g/mol. The second kappa shape index (κ2) is 9.07. The van der Waals surface area contributed by atoms with E-state index in [1.165, 1.54) is 12.1 Å². The maximum Gasteiger partial charge on any atom is 0.338 e. The van der Waals surface area contributed by atoms with Crippen molar-refractivity contribution in [2.75, 3.05) is 19.8 Å². The fourth-order valence-electron chi connectivity index (χ4n) is 2.89. The minimum Gasteiger partial charge on any atom is -0.490 e. The van der Waals surface area contributed by atoms with Gasteiger partial charge in [-0.05, 0) is 39.3 Å². The van der Waals surface area contributed by atoms with Gasteiger partial charge >= 0.3 is 17.7 Å². The molecule has 0 aliphatic carbocycles. The number of carbonyl (C=O) groups is 2. The molecule has 0 bridgehead atoms. The molecular weight excluding hydrogens is 370 g/mol. The molecule has 28 heavy (non-hydrogen) atoms. The van der Waals surface area contributed by atoms with E-state index >= 15 is 0 Å². The van der Waals surface area contributed by atoms with Crippen LogP contribution >= 0.6 is 0 Å². The van der Waals surface area contributed by atoms with Crippen LogP contribution in [0.25, 0.3) is 0 Å². The third kappa shape index (κ3) is 4.33. The molecule has 0 radical (unpaired) electrons. The van der Waals surface area contributed by atoms with Crippen LogP contribution in [-0.2, 0) is 9.53 Å². The number of hydrogen-bond donors (Lipinski definition) is 2. The second-order valence-corrected chi connectivity index (χ2v) is 5.78. The van der Waals surface area contributed by atoms with Gasteiger partial charge in [-0.1, -0.05) is 0 Å². The van der Waals surface area contributed by atoms with Crippen molar-refractivity contribution in [1.29, 1.82) is 0 Å². The van der Waals surface area contributed by atoms with Crippen LogP contribution in [0.4, 0.5) is 10.5 Å². The van der Waals surface area contributed by atoms with Gasteiger partial charge in [0.25, 0.3) is 0 Å². The van der Waals surface area contributed by atoms with Gasteiger partial charge in [0.15, 0.2) is 5.75 Å². The largest absolute Gasteiger partial charge is 0.490 e. The van der Waals surface area contributed by atoms with Gasteiger partial charge < -0.3 is 24.8 Å². The molecule has 0 fully saturated rings. The molecule has 1 unspecified atom stereocenters. The summed E-state index contributed by atoms with van der Waals surface area (Å²) < 4.78 is 16.0. The predicted molar refractivity (Wildman–Crippen MR) is 99.2 cm³/mol. The molecule has 152 valence electrons. The fraction of sp³-hybridized carbons (Fsp3) is 0.444. The molecule has 0 saturated carbocycles. The molecule has 1 aromatic carbocycles. The number of nitro groups is 1. The van der Waals surface area contributed by atoms with Crippen LogP contribution in [0.1, 0.15) is 39.3 Å². The lowest BCUT2D eigenvalue weighted by atomic mass is 9.94. The molecule has 2 rings (SSSR count). The van der Waals surface area contributed by atoms with E-state index in [1.54, 1.807) is 27.7 Å². The lowest BCUT2D eigenvalue weighted by Crippen LogP contribution is -2.45. The molecule has 1 aliphatic rings. The number of amides is 2. The van der Waals surface area contributed by atoms with Gasteiger partial charge in [-0.3, -0.25) is 10.1 Å². The van der Waals surface area contributed by atoms with E-state index < -0.39 is 23.0 Å². The van der Waals surface area contributed by atoms with Crippen molar-refractivity contribution in [2.45, 2.75) is 33.7 Å². The van der Waals surface area contributed by atoms with E-state index in [2.05, 4.69) is 10.6 Å². The fourth-order valence-corrected chi connectivity index (χ4v) is 2.89. The lowest BCUT2D eigenvalue weighted by Gasteiger charge is -2.28. The molecule has 2 amide bonds. The number of hydrogen-bond acceptors (Lipinski definition) is 7. The van der Waals surface area contributed by atoms with E-state index in [1.807, 2.05) is 0 Å². The smallest absolute Gasteiger partial charge is 0.338 e. The van der Waals surface area contributed by atoms with Gasteiger partial charge in [0.05, 0.1) is 36.4 Å². The summed E-state index contributed by atoms with van der Waals surface area (Å²) in [4.78, 5) is 35.4. The van der Waals surface area contributed by atoms with Crippen molar-refractivity contribution in [2.24, 2.45) is 0 Å². The summed E-state index contributed by atoms with van der Waals surface area (Å²) >= 11 is 0. The molecule has 1 aromatic rings. The van der Waals surface area contributed by atoms with Crippen molar-refractivity contribution >= 4 is 17.7 Å². The van der Waals surface area contributed by atoms with Crippen LogP contribution in [0, 0.1) is 10.1 Å². The Kier molecular flexibility index (Phi) is 6.80. The Bertz CT molecular complexity index is 820. The Morgan fingerprint density at radius 3 is 2.43 bits per heavy atom. The molecule has 1 aliphatic heterocycles. The molecule has 10 nitrogen and oxygen atoms in total. The quantitative estimate of drug-likeness (QED) is 0.394. The molecule has 0 saturated heterocycles. The maximum atomic E-state index is 12.4. The van der Waals surface area contributed by atoms with E-state index in [-0.39, 0.29) is 42.6 Å². The Labute approximate surface area is 162 Å². The van der Waals surface area contributed by atoms with Crippen molar-refractivity contribution in [3.05, 3.63) is 39.1 Å². The van der Waals surface area contributed by atoms with Crippen LogP contribution in [0.3, 0.4) is 0 Å². The molecule has 10 heteroatoms. The number of nitrogens with zero attached hydrogens (tertiary/aromatic N) is 1. The number of rotatable bonds is 8. The number of urea groups is 1. The van der Waals surface area contributed by atoms with Crippen molar-refractivity contribution in [1.82, 2.24) is 10.6 Å². The van der Waals surface area contributed by atoms with Crippen molar-refractivity contribution in [3.63, 3.8) is 0 Å². The first kappa shape index (κ1) is 21.0. The van der Waals surface area contributed by atoms with Crippen LogP contribution < -0.4 is 20.1 Å². The zero-order chi connectivity index (χ0) is 20.8. The number of esters is 1. The van der Waals surface area contributed by atoms with E-state index in [0.717, 1.165) is 0 Å². The molecule has 2 N–H and O–H groups in total. The normalized spacial score (nSPS) is 16.1. The molecule has 1 heterocycles. The van der Waals surface area contributed by atoms with Crippen molar-refractivity contribution < 1.29 is 28.7 Å². The topological polar surface area (TPSA) is 129 Å². The Hall–Kier alpha value is -3.30. The SMILES string of the molecule is CCOC(=O)C1=C(C)NC(=O)NC1c1cc(OCC)c(OCC)c([N+](=O)[O-])c1. The number of benzene rings is 1. The average molecular weight is 393 g/mol. The minimum atomic E-state index is -0.943. The molecular formula is C18H23N3O7. The molecule has 1 atom stereocenters. The van der Waals surface area contributed by atoms with E-state index in [0.29, 0.717) is 11.3 Å². The van der Waals surface area contributed by atoms with Crippen molar-refractivity contribution in [3.8, 4) is 11.5 Å². The number of ether oxygens (including phenoxy) is 3. The maximum absolute atomic E-state index is 12.4. The molecule has 0 spiro atoms. The van der Waals surface area contributed by atoms with Gasteiger partial charge in [0.2, 0.25) is 5.75 Å². The van der Waals surface area contributed by atoms with Crippen LogP contribution in [-0.4, -0.2) is 36.7 Å². The first-order valence-electron chi connectivity index (χ1n) is 8.87. The Balaban J connectivity index is 2.66. The Morgan fingerprint density at radius 1 is 1.18 bits per heavy atom. The first-order valence-corrected chi connectivity index (χ1v) is 8.87. The summed E-state index contributed by atoms with van der Waals surface area (Å²) in [5, 5.41) is 16.7. The summed E-state index contributed by atoms with van der Waals surface area (Å²) in [7, 11) is 0. The van der Waals surface area contributed by atoms with E-state index in [9.17, 15) is 19.7 Å². The molecule has 0 aromatic heterocycles. The third-order valence-electron chi connectivity index (χ3n) is 3.94. The van der Waals surface area contributed by atoms with Crippen LogP contribution in [0.5, 0.6) is 11.5 Å². The van der Waals surface area contributed by atoms with Crippen LogP contribution in [0.15, 0.2) is 23.4 Å². The highest BCUT2D eigenvalue weighted by molar-refractivity contribution is 5.95. The van der Waals surface area contributed by atoms with E-state index in [4.69, 9.17) is 14.2 Å². The van der Waals surface area contributed by atoms with Gasteiger partial charge in [0.1, 0.15) is 0 Å². The highest BCUT2D eigenvalue weighted by Crippen LogP contribution is 2.41. The zero-order valence-electron chi connectivity index (χ0n) is 16.2. The third-order valence-corrected chi connectivity index (χ3v) is 3.94. The standard InChI is InChI=1S/C18H23N3O7/c1-5-26-13-9-11(8-12(21(24)25)16(13)27-6-2)15-14(17(22)28-7-3)10(4)19-18(23)20-15/h8-9,15H,5-7H2,1-4H3,(H2,19,20,23). The highest BCUT2D eigenvalue weighted by atomic mass is 16.6. The number of nitro benzene ring substituents is 1. The number of nitrogens with one attached hydrogen (secondary N) is 2. The summed E-state index contributed by atoms with van der Waals surface area (Å²) in [5.74, 6) is -0.481. The summed E-state index contributed by atoms with van der Waals surface area (Å²) in [6.07, 6.45) is 0. The summed E-state index contributed by atoms with van der Waals surface area (Å²) in [5.41, 5.74) is 0.441. The summed E-state index contributed by atoms with van der Waals surface area (Å²) in [6.45, 7) is 7.25. The van der Waals surface area contributed by atoms with Crippen LogP contribution in [0.2, 0.25) is 0 Å². The predicted octanol–water partition coefficient (Wildman–Crippen LogP) is 2.58. The van der Waals surface area contributed by atoms with Gasteiger partial charge in [-0.2, -0.15) is 0 Å². The Morgan fingerprint density at radius 2 is 1.86 bits per heavy atom. The number of allylic oxidation sites excluding steroid dienone is 1. The van der Waals surface area contributed by atoms with Gasteiger partial charge in [-0.15, -0.1) is 0 Å². The summed E-state index contributed by atoms with van der Waals surface area (Å²) in [6, 6.07) is 1.30.